The lowest BCUT2D eigenvalue weighted by molar-refractivity contribution is 0.107. The summed E-state index contributed by atoms with van der Waals surface area (Å²) in [7, 11) is 0. The van der Waals surface area contributed by atoms with E-state index >= 15 is 13.2 Å². The number of hydrogen-bond acceptors (Lipinski definition) is 7. The minimum atomic E-state index is -1.02. The van der Waals surface area contributed by atoms with E-state index in [1.165, 1.54) is 18.2 Å². The predicted octanol–water partition coefficient (Wildman–Crippen LogP) is 6.24. The maximum absolute atomic E-state index is 17.2. The highest BCUT2D eigenvalue weighted by atomic mass is 19.1. The molecule has 3 aromatic carbocycles. The SMILES string of the molecule is C#Cc1c(F)ccc2cc(O)cc(-c3c(F)c4c5c(nc(OC[C@@]67CCCN6C[C@H](F)C7)nc5c3F)N3C[C@H]5CC[C@H](N5)[C@H]3CC4=C)c12. The fourth-order valence-corrected chi connectivity index (χ4v) is 9.26. The second-order valence-corrected chi connectivity index (χ2v) is 14.0. The number of aromatic hydroxyl groups is 1. The summed E-state index contributed by atoms with van der Waals surface area (Å²) in [6, 6.07) is 5.19. The Morgan fingerprint density at radius 3 is 2.79 bits per heavy atom. The molecule has 2 bridgehead atoms. The molecule has 5 aliphatic heterocycles. The van der Waals surface area contributed by atoms with Crippen LogP contribution in [-0.2, 0) is 0 Å². The van der Waals surface area contributed by atoms with E-state index in [1.54, 1.807) is 0 Å². The van der Waals surface area contributed by atoms with Crippen LogP contribution in [-0.4, -0.2) is 76.1 Å². The minimum absolute atomic E-state index is 0.0694. The van der Waals surface area contributed by atoms with Gasteiger partial charge in [0.15, 0.2) is 5.82 Å². The topological polar surface area (TPSA) is 73.8 Å². The fraction of sp³-hybridized carbons (Fsp3) is 0.405. The zero-order valence-corrected chi connectivity index (χ0v) is 26.1. The van der Waals surface area contributed by atoms with Gasteiger partial charge in [-0.1, -0.05) is 18.6 Å². The number of anilines is 1. The van der Waals surface area contributed by atoms with Gasteiger partial charge in [-0.05, 0) is 67.8 Å². The fourth-order valence-electron chi connectivity index (χ4n) is 9.26. The van der Waals surface area contributed by atoms with E-state index in [-0.39, 0.29) is 69.5 Å². The summed E-state index contributed by atoms with van der Waals surface area (Å²) in [4.78, 5) is 13.7. The number of terminal acetylenes is 1. The lowest BCUT2D eigenvalue weighted by Crippen LogP contribution is -2.58. The minimum Gasteiger partial charge on any atom is -0.508 e. The van der Waals surface area contributed by atoms with Crippen LogP contribution in [0, 0.1) is 29.8 Å². The number of nitrogens with zero attached hydrogens (tertiary/aromatic N) is 4. The molecule has 1 aromatic heterocycles. The van der Waals surface area contributed by atoms with Crippen LogP contribution in [0.5, 0.6) is 11.8 Å². The molecule has 7 nitrogen and oxygen atoms in total. The Morgan fingerprint density at radius 2 is 1.96 bits per heavy atom. The first-order valence-corrected chi connectivity index (χ1v) is 16.5. The molecular weight excluding hydrogens is 622 g/mol. The Bertz CT molecular complexity index is 2120. The smallest absolute Gasteiger partial charge is 0.319 e. The molecule has 9 rings (SSSR count). The molecule has 246 valence electrons. The summed E-state index contributed by atoms with van der Waals surface area (Å²) in [5.41, 5.74) is -0.951. The molecule has 0 radical (unpaired) electrons. The van der Waals surface area contributed by atoms with Crippen LogP contribution in [0.2, 0.25) is 0 Å². The third-order valence-corrected chi connectivity index (χ3v) is 11.3. The summed E-state index contributed by atoms with van der Waals surface area (Å²) in [5.74, 6) is -0.252. The quantitative estimate of drug-likeness (QED) is 0.199. The molecule has 0 spiro atoms. The van der Waals surface area contributed by atoms with Crippen molar-refractivity contribution in [2.75, 3.05) is 31.1 Å². The second kappa shape index (κ2) is 10.5. The third kappa shape index (κ3) is 4.21. The molecule has 0 unspecified atom stereocenters. The summed E-state index contributed by atoms with van der Waals surface area (Å²) >= 11 is 0. The Labute approximate surface area is 274 Å². The second-order valence-electron chi connectivity index (χ2n) is 14.0. The molecule has 5 atom stereocenters. The Balaban J connectivity index is 1.30. The Hall–Kier alpha value is -4.40. The number of aromatic nitrogens is 2. The van der Waals surface area contributed by atoms with Gasteiger partial charge in [-0.25, -0.2) is 17.6 Å². The van der Waals surface area contributed by atoms with Crippen molar-refractivity contribution >= 4 is 33.1 Å². The van der Waals surface area contributed by atoms with Crippen molar-refractivity contribution in [3.05, 3.63) is 59.4 Å². The maximum Gasteiger partial charge on any atom is 0.319 e. The summed E-state index contributed by atoms with van der Waals surface area (Å²) < 4.78 is 70.3. The zero-order valence-electron chi connectivity index (χ0n) is 26.1. The van der Waals surface area contributed by atoms with Crippen LogP contribution in [0.15, 0.2) is 30.8 Å². The molecule has 5 aliphatic rings. The largest absolute Gasteiger partial charge is 0.508 e. The van der Waals surface area contributed by atoms with Crippen molar-refractivity contribution < 1.29 is 27.4 Å². The van der Waals surface area contributed by atoms with E-state index in [4.69, 9.17) is 16.1 Å². The molecule has 0 saturated carbocycles. The number of ether oxygens (including phenoxy) is 1. The van der Waals surface area contributed by atoms with Gasteiger partial charge in [-0.15, -0.1) is 6.42 Å². The van der Waals surface area contributed by atoms with Crippen molar-refractivity contribution in [3.63, 3.8) is 0 Å². The van der Waals surface area contributed by atoms with Crippen LogP contribution in [0.1, 0.15) is 49.7 Å². The highest BCUT2D eigenvalue weighted by Gasteiger charge is 2.50. The first-order valence-electron chi connectivity index (χ1n) is 16.5. The zero-order chi connectivity index (χ0) is 33.1. The first-order chi connectivity index (χ1) is 23.2. The average Bonchev–Trinajstić information content (AvgIpc) is 3.70. The van der Waals surface area contributed by atoms with E-state index in [1.807, 2.05) is 0 Å². The van der Waals surface area contributed by atoms with Gasteiger partial charge in [-0.2, -0.15) is 9.97 Å². The number of fused-ring (bicyclic) bond motifs is 7. The van der Waals surface area contributed by atoms with Gasteiger partial charge in [0.1, 0.15) is 41.5 Å². The lowest BCUT2D eigenvalue weighted by atomic mass is 9.88. The van der Waals surface area contributed by atoms with Gasteiger partial charge in [0.25, 0.3) is 0 Å². The monoisotopic (exact) mass is 655 g/mol. The van der Waals surface area contributed by atoms with Crippen molar-refractivity contribution in [2.24, 2.45) is 0 Å². The van der Waals surface area contributed by atoms with E-state index in [2.05, 4.69) is 32.6 Å². The van der Waals surface area contributed by atoms with Crippen molar-refractivity contribution in [1.82, 2.24) is 20.2 Å². The lowest BCUT2D eigenvalue weighted by Gasteiger charge is -2.41. The number of piperazine rings is 1. The van der Waals surface area contributed by atoms with Gasteiger partial charge >= 0.3 is 6.01 Å². The van der Waals surface area contributed by atoms with E-state index in [0.29, 0.717) is 42.7 Å². The normalized spacial score (nSPS) is 27.7. The number of alkyl halides is 1. The number of halogens is 4. The van der Waals surface area contributed by atoms with Crippen molar-refractivity contribution in [1.29, 1.82) is 0 Å². The van der Waals surface area contributed by atoms with Gasteiger partial charge in [0.05, 0.1) is 22.1 Å². The molecule has 0 amide bonds. The van der Waals surface area contributed by atoms with Crippen molar-refractivity contribution in [2.45, 2.75) is 68.4 Å². The molecule has 4 saturated heterocycles. The summed E-state index contributed by atoms with van der Waals surface area (Å²) in [5, 5.41) is 14.9. The number of benzene rings is 3. The Kier molecular flexibility index (Phi) is 6.53. The van der Waals surface area contributed by atoms with E-state index < -0.39 is 34.7 Å². The molecule has 4 fully saturated rings. The summed E-state index contributed by atoms with van der Waals surface area (Å²) in [6.07, 6.45) is 9.06. The maximum atomic E-state index is 17.2. The third-order valence-electron chi connectivity index (χ3n) is 11.3. The van der Waals surface area contributed by atoms with Crippen LogP contribution in [0.4, 0.5) is 23.4 Å². The van der Waals surface area contributed by atoms with Crippen LogP contribution in [0.25, 0.3) is 38.4 Å². The van der Waals surface area contributed by atoms with Crippen LogP contribution in [0.3, 0.4) is 0 Å². The van der Waals surface area contributed by atoms with Crippen LogP contribution >= 0.6 is 0 Å². The molecule has 0 aliphatic carbocycles. The molecular formula is C37H33F4N5O2. The number of phenolic OH excluding ortho intramolecular Hbond substituents is 1. The standard InChI is InChI=1S/C37H33F4N5O2/c1-3-23-25(39)7-5-19-12-22(47)13-24(29(19)23)30-32(40)28-18(2)11-27-26-8-6-21(42-26)16-46(27)35-31(28)34(33(30)41)43-36(44-35)48-17-37-9-4-10-45(37)15-20(38)14-37/h1,5,7,12-13,20-21,26-27,42,47H,2,4,6,8-11,14-17H2/t20-,21-,26+,27-,37+/m1/s1. The summed E-state index contributed by atoms with van der Waals surface area (Å²) in [6.45, 7) is 6.12. The van der Waals surface area contributed by atoms with E-state index in [0.717, 1.165) is 38.3 Å². The molecule has 2 N–H and O–H groups in total. The van der Waals surface area contributed by atoms with Gasteiger partial charge in [0.2, 0.25) is 0 Å². The highest BCUT2D eigenvalue weighted by molar-refractivity contribution is 6.08. The number of hydrogen-bond donors (Lipinski definition) is 2. The Morgan fingerprint density at radius 1 is 1.10 bits per heavy atom. The van der Waals surface area contributed by atoms with Gasteiger partial charge in [0, 0.05) is 54.1 Å². The van der Waals surface area contributed by atoms with Crippen molar-refractivity contribution in [3.8, 4) is 35.2 Å². The highest BCUT2D eigenvalue weighted by Crippen LogP contribution is 2.49. The molecule has 11 heteroatoms. The number of nitrogens with one attached hydrogen (secondary N) is 1. The van der Waals surface area contributed by atoms with E-state index in [9.17, 15) is 9.50 Å². The molecule has 48 heavy (non-hydrogen) atoms. The first kappa shape index (κ1) is 29.7. The molecule has 6 heterocycles. The average molecular weight is 656 g/mol. The number of rotatable bonds is 4. The van der Waals surface area contributed by atoms with Gasteiger partial charge in [-0.3, -0.25) is 4.90 Å². The predicted molar refractivity (Wildman–Crippen MR) is 175 cm³/mol. The van der Waals surface area contributed by atoms with Gasteiger partial charge < -0.3 is 20.1 Å². The molecule has 4 aromatic rings. The number of phenols is 1. The van der Waals surface area contributed by atoms with Crippen LogP contribution < -0.4 is 15.0 Å².